The highest BCUT2D eigenvalue weighted by atomic mass is 32.1. The molecule has 0 bridgehead atoms. The van der Waals surface area contributed by atoms with Crippen molar-refractivity contribution in [2.45, 2.75) is 51.7 Å². The van der Waals surface area contributed by atoms with E-state index in [4.69, 9.17) is 17.0 Å². The Balaban J connectivity index is 2.38. The maximum absolute atomic E-state index is 11.7. The molecule has 1 N–H and O–H groups in total. The Bertz CT molecular complexity index is 333. The first kappa shape index (κ1) is 14.3. The van der Waals surface area contributed by atoms with E-state index in [1.165, 1.54) is 0 Å². The van der Waals surface area contributed by atoms with E-state index in [0.29, 0.717) is 11.3 Å². The van der Waals surface area contributed by atoms with Crippen LogP contribution >= 0.6 is 12.2 Å². The van der Waals surface area contributed by atoms with Crippen LogP contribution in [0.15, 0.2) is 0 Å². The van der Waals surface area contributed by atoms with Crippen LogP contribution in [-0.2, 0) is 14.3 Å². The van der Waals surface area contributed by atoms with E-state index < -0.39 is 5.60 Å². The molecule has 1 saturated carbocycles. The fraction of sp³-hybridized carbons (Fsp3) is 0.750. The number of ether oxygens (including phenoxy) is 1. The molecule has 0 aliphatic heterocycles. The van der Waals surface area contributed by atoms with Gasteiger partial charge in [-0.25, -0.2) is 0 Å². The van der Waals surface area contributed by atoms with Crippen molar-refractivity contribution in [3.05, 3.63) is 0 Å². The van der Waals surface area contributed by atoms with Gasteiger partial charge in [0.05, 0.1) is 17.5 Å². The smallest absolute Gasteiger partial charge is 0.320 e. The first-order valence-electron chi connectivity index (χ1n) is 5.82. The highest BCUT2D eigenvalue weighted by molar-refractivity contribution is 7.82. The SMILES string of the molecule is CC(C)(C)OC(=O)CNC1CCCC(=S)C1=O. The molecule has 1 aliphatic carbocycles. The highest BCUT2D eigenvalue weighted by Gasteiger charge is 2.27. The molecule has 17 heavy (non-hydrogen) atoms. The van der Waals surface area contributed by atoms with E-state index in [1.54, 1.807) is 0 Å². The minimum Gasteiger partial charge on any atom is -0.459 e. The molecule has 96 valence electrons. The summed E-state index contributed by atoms with van der Waals surface area (Å²) in [6.45, 7) is 5.49. The van der Waals surface area contributed by atoms with Gasteiger partial charge in [0, 0.05) is 0 Å². The standard InChI is InChI=1S/C12H19NO3S/c1-12(2,3)16-10(14)7-13-8-5-4-6-9(17)11(8)15/h8,13H,4-7H2,1-3H3. The van der Waals surface area contributed by atoms with E-state index in [1.807, 2.05) is 20.8 Å². The van der Waals surface area contributed by atoms with Crippen LogP contribution in [0.3, 0.4) is 0 Å². The summed E-state index contributed by atoms with van der Waals surface area (Å²) in [5.74, 6) is -0.392. The summed E-state index contributed by atoms with van der Waals surface area (Å²) >= 11 is 4.97. The molecule has 1 rings (SSSR count). The number of rotatable bonds is 3. The van der Waals surface area contributed by atoms with Crippen LogP contribution < -0.4 is 5.32 Å². The Morgan fingerprint density at radius 2 is 2.18 bits per heavy atom. The van der Waals surface area contributed by atoms with Gasteiger partial charge >= 0.3 is 5.97 Å². The highest BCUT2D eigenvalue weighted by Crippen LogP contribution is 2.13. The minimum atomic E-state index is -0.495. The first-order valence-corrected chi connectivity index (χ1v) is 6.23. The number of esters is 1. The molecular formula is C12H19NO3S. The molecule has 0 amide bonds. The summed E-state index contributed by atoms with van der Waals surface area (Å²) in [4.78, 5) is 23.6. The van der Waals surface area contributed by atoms with Crippen LogP contribution in [0, 0.1) is 0 Å². The van der Waals surface area contributed by atoms with E-state index in [2.05, 4.69) is 5.32 Å². The molecule has 0 aromatic rings. The van der Waals surface area contributed by atoms with Crippen molar-refractivity contribution in [1.82, 2.24) is 5.32 Å². The predicted octanol–water partition coefficient (Wildman–Crippen LogP) is 1.41. The third-order valence-corrected chi connectivity index (χ3v) is 2.81. The van der Waals surface area contributed by atoms with Gasteiger partial charge in [-0.2, -0.15) is 0 Å². The molecule has 1 fully saturated rings. The maximum atomic E-state index is 11.7. The van der Waals surface area contributed by atoms with Gasteiger partial charge in [-0.1, -0.05) is 12.2 Å². The minimum absolute atomic E-state index is 0.0465. The van der Waals surface area contributed by atoms with Crippen molar-refractivity contribution >= 4 is 28.8 Å². The molecule has 1 atom stereocenters. The quantitative estimate of drug-likeness (QED) is 0.612. The van der Waals surface area contributed by atoms with Gasteiger partial charge in [0.2, 0.25) is 0 Å². The Labute approximate surface area is 107 Å². The van der Waals surface area contributed by atoms with Crippen LogP contribution in [-0.4, -0.2) is 34.8 Å². The molecule has 4 nitrogen and oxygen atoms in total. The van der Waals surface area contributed by atoms with Gasteiger partial charge in [0.25, 0.3) is 0 Å². The van der Waals surface area contributed by atoms with Crippen LogP contribution in [0.1, 0.15) is 40.0 Å². The van der Waals surface area contributed by atoms with E-state index >= 15 is 0 Å². The number of hydrogen-bond donors (Lipinski definition) is 1. The molecule has 0 heterocycles. The van der Waals surface area contributed by atoms with Crippen molar-refractivity contribution in [1.29, 1.82) is 0 Å². The predicted molar refractivity (Wildman–Crippen MR) is 69.1 cm³/mol. The summed E-state index contributed by atoms with van der Waals surface area (Å²) in [6, 6.07) is -0.316. The average Bonchev–Trinajstić information content (AvgIpc) is 2.18. The Kier molecular flexibility index (Phi) is 4.77. The van der Waals surface area contributed by atoms with Crippen LogP contribution in [0.2, 0.25) is 0 Å². The molecule has 0 spiro atoms. The van der Waals surface area contributed by atoms with Crippen molar-refractivity contribution in [2.75, 3.05) is 6.54 Å². The normalized spacial score (nSPS) is 21.5. The van der Waals surface area contributed by atoms with Gasteiger partial charge in [0.15, 0.2) is 5.78 Å². The summed E-state index contributed by atoms with van der Waals surface area (Å²) < 4.78 is 5.15. The van der Waals surface area contributed by atoms with Crippen molar-refractivity contribution in [3.63, 3.8) is 0 Å². The Hall–Kier alpha value is -0.810. The van der Waals surface area contributed by atoms with E-state index in [-0.39, 0.29) is 24.3 Å². The van der Waals surface area contributed by atoms with Crippen molar-refractivity contribution in [3.8, 4) is 0 Å². The lowest BCUT2D eigenvalue weighted by atomic mass is 9.94. The molecule has 0 aromatic heterocycles. The number of nitrogens with one attached hydrogen (secondary N) is 1. The number of carbonyl (C=O) groups is 2. The lowest BCUT2D eigenvalue weighted by Crippen LogP contribution is -2.45. The molecule has 0 radical (unpaired) electrons. The fourth-order valence-corrected chi connectivity index (χ4v) is 1.98. The Morgan fingerprint density at radius 3 is 2.76 bits per heavy atom. The second kappa shape index (κ2) is 5.69. The number of thiocarbonyl (C=S) groups is 1. The molecule has 0 aromatic carbocycles. The number of ketones is 1. The second-order valence-electron chi connectivity index (χ2n) is 5.20. The van der Waals surface area contributed by atoms with Crippen LogP contribution in [0.5, 0.6) is 0 Å². The monoisotopic (exact) mass is 257 g/mol. The van der Waals surface area contributed by atoms with Gasteiger partial charge in [0.1, 0.15) is 5.60 Å². The van der Waals surface area contributed by atoms with Gasteiger partial charge < -0.3 is 4.74 Å². The first-order chi connectivity index (χ1) is 7.79. The third kappa shape index (κ3) is 4.91. The van der Waals surface area contributed by atoms with Crippen molar-refractivity contribution in [2.24, 2.45) is 0 Å². The zero-order valence-electron chi connectivity index (χ0n) is 10.5. The second-order valence-corrected chi connectivity index (χ2v) is 5.69. The maximum Gasteiger partial charge on any atom is 0.320 e. The summed E-state index contributed by atoms with van der Waals surface area (Å²) in [6.07, 6.45) is 2.33. The lowest BCUT2D eigenvalue weighted by molar-refractivity contribution is -0.153. The average molecular weight is 257 g/mol. The van der Waals surface area contributed by atoms with E-state index in [9.17, 15) is 9.59 Å². The fourth-order valence-electron chi connectivity index (χ4n) is 1.69. The summed E-state index contributed by atoms with van der Waals surface area (Å²) in [5.41, 5.74) is -0.495. The largest absolute Gasteiger partial charge is 0.459 e. The molecule has 1 unspecified atom stereocenters. The summed E-state index contributed by atoms with van der Waals surface area (Å²) in [7, 11) is 0. The topological polar surface area (TPSA) is 55.4 Å². The lowest BCUT2D eigenvalue weighted by Gasteiger charge is -2.23. The zero-order valence-corrected chi connectivity index (χ0v) is 11.4. The molecule has 0 saturated heterocycles. The van der Waals surface area contributed by atoms with Crippen molar-refractivity contribution < 1.29 is 14.3 Å². The molecular weight excluding hydrogens is 238 g/mol. The number of hydrogen-bond acceptors (Lipinski definition) is 5. The van der Waals surface area contributed by atoms with Crippen LogP contribution in [0.25, 0.3) is 0 Å². The van der Waals surface area contributed by atoms with Gasteiger partial charge in [-0.15, -0.1) is 0 Å². The molecule has 5 heteroatoms. The Morgan fingerprint density at radius 1 is 1.53 bits per heavy atom. The number of Topliss-reactive ketones (excluding diaryl/α,β-unsaturated/α-hetero) is 1. The van der Waals surface area contributed by atoms with Gasteiger partial charge in [-0.05, 0) is 40.0 Å². The van der Waals surface area contributed by atoms with Gasteiger partial charge in [-0.3, -0.25) is 14.9 Å². The third-order valence-electron chi connectivity index (χ3n) is 2.40. The summed E-state index contributed by atoms with van der Waals surface area (Å²) in [5, 5.41) is 2.91. The number of carbonyl (C=O) groups excluding carboxylic acids is 2. The van der Waals surface area contributed by atoms with E-state index in [0.717, 1.165) is 12.8 Å². The van der Waals surface area contributed by atoms with Crippen LogP contribution in [0.4, 0.5) is 0 Å². The molecule has 1 aliphatic rings. The zero-order chi connectivity index (χ0) is 13.1.